The molecule has 0 amide bonds. The van der Waals surface area contributed by atoms with Gasteiger partial charge >= 0.3 is 0 Å². The molecule has 0 spiro atoms. The largest absolute Gasteiger partial charge is 0.496 e. The molecule has 0 radical (unpaired) electrons. The van der Waals surface area contributed by atoms with Crippen molar-refractivity contribution in [1.82, 2.24) is 4.57 Å². The summed E-state index contributed by atoms with van der Waals surface area (Å²) in [5, 5.41) is 1.00. The predicted molar refractivity (Wildman–Crippen MR) is 106 cm³/mol. The molecule has 1 aliphatic rings. The Morgan fingerprint density at radius 3 is 2.73 bits per heavy atom. The number of carbonyl (C=O) groups is 2. The first kappa shape index (κ1) is 18.2. The second-order valence-electron chi connectivity index (χ2n) is 6.79. The molecule has 0 saturated carbocycles. The highest BCUT2D eigenvalue weighted by Gasteiger charge is 2.22. The van der Waals surface area contributed by atoms with E-state index in [1.54, 1.807) is 14.0 Å². The van der Waals surface area contributed by atoms with E-state index in [0.717, 1.165) is 40.7 Å². The minimum Gasteiger partial charge on any atom is -0.496 e. The maximum absolute atomic E-state index is 12.1. The third-order valence-electron chi connectivity index (χ3n) is 4.93. The highest BCUT2D eigenvalue weighted by molar-refractivity contribution is 6.05. The average Bonchev–Trinajstić information content (AvgIpc) is 2.94. The number of benzene rings is 1. The third kappa shape index (κ3) is 3.12. The van der Waals surface area contributed by atoms with Gasteiger partial charge in [0.2, 0.25) is 0 Å². The molecule has 2 aromatic rings. The maximum atomic E-state index is 12.1. The van der Waals surface area contributed by atoms with E-state index in [-0.39, 0.29) is 11.6 Å². The molecule has 0 fully saturated rings. The second kappa shape index (κ2) is 7.32. The Balaban J connectivity index is 2.38. The fourth-order valence-electron chi connectivity index (χ4n) is 3.67. The zero-order valence-electron chi connectivity index (χ0n) is 15.7. The first-order valence-electron chi connectivity index (χ1n) is 9.09. The number of Topliss-reactive ketones (excluding diaryl/α,β-unsaturated/α-hetero) is 2. The molecule has 1 aromatic carbocycles. The smallest absolute Gasteiger partial charge is 0.163 e. The number of fused-ring (bicyclic) bond motifs is 3. The lowest BCUT2D eigenvalue weighted by Gasteiger charge is -2.10. The molecule has 0 N–H and O–H groups in total. The molecule has 1 aromatic heterocycles. The zero-order chi connectivity index (χ0) is 18.8. The molecule has 4 heteroatoms. The Labute approximate surface area is 154 Å². The first-order valence-corrected chi connectivity index (χ1v) is 9.09. The number of rotatable bonds is 4. The molecule has 0 bridgehead atoms. The molecular weight excluding hydrogens is 326 g/mol. The van der Waals surface area contributed by atoms with E-state index in [1.165, 1.54) is 0 Å². The van der Waals surface area contributed by atoms with Gasteiger partial charge in [0.25, 0.3) is 0 Å². The van der Waals surface area contributed by atoms with Crippen molar-refractivity contribution in [2.75, 3.05) is 7.11 Å². The van der Waals surface area contributed by atoms with Crippen molar-refractivity contribution in [2.45, 2.75) is 46.1 Å². The quantitative estimate of drug-likeness (QED) is 0.725. The summed E-state index contributed by atoms with van der Waals surface area (Å²) in [6.07, 6.45) is 6.53. The molecule has 0 unspecified atom stereocenters. The molecule has 136 valence electrons. The fourth-order valence-corrected chi connectivity index (χ4v) is 3.67. The first-order chi connectivity index (χ1) is 12.5. The maximum Gasteiger partial charge on any atom is 0.163 e. The normalized spacial score (nSPS) is 16.0. The molecule has 0 saturated heterocycles. The fraction of sp³-hybridized carbons (Fsp3) is 0.364. The van der Waals surface area contributed by atoms with Gasteiger partial charge in [0.1, 0.15) is 11.5 Å². The van der Waals surface area contributed by atoms with Crippen LogP contribution in [0.3, 0.4) is 0 Å². The van der Waals surface area contributed by atoms with Crippen molar-refractivity contribution in [3.63, 3.8) is 0 Å². The number of ether oxygens (including phenoxy) is 1. The number of aryl methyl sites for hydroxylation is 1. The Kier molecular flexibility index (Phi) is 5.12. The van der Waals surface area contributed by atoms with Gasteiger partial charge in [0.15, 0.2) is 5.78 Å². The summed E-state index contributed by atoms with van der Waals surface area (Å²) in [5.41, 5.74) is 4.66. The summed E-state index contributed by atoms with van der Waals surface area (Å²) in [4.78, 5) is 24.1. The SMILES string of the molecule is C=C1CCC(=O)C/C=C\c2c1c1cc(C(C)=O)c(OC)cc1n2CCC. The van der Waals surface area contributed by atoms with Crippen molar-refractivity contribution < 1.29 is 14.3 Å². The Bertz CT molecular complexity index is 931. The van der Waals surface area contributed by atoms with Gasteiger partial charge in [-0.1, -0.05) is 19.6 Å². The van der Waals surface area contributed by atoms with Gasteiger partial charge in [0, 0.05) is 42.1 Å². The predicted octanol–water partition coefficient (Wildman–Crippen LogP) is 5.04. The molecule has 1 aliphatic carbocycles. The third-order valence-corrected chi connectivity index (χ3v) is 4.93. The molecular formula is C22H25NO3. The topological polar surface area (TPSA) is 48.3 Å². The van der Waals surface area contributed by atoms with Crippen molar-refractivity contribution in [3.05, 3.63) is 41.6 Å². The second-order valence-corrected chi connectivity index (χ2v) is 6.79. The van der Waals surface area contributed by atoms with Crippen LogP contribution in [0.5, 0.6) is 5.75 Å². The van der Waals surface area contributed by atoms with E-state index in [1.807, 2.05) is 24.3 Å². The van der Waals surface area contributed by atoms with Crippen LogP contribution in [0.1, 0.15) is 61.1 Å². The van der Waals surface area contributed by atoms with E-state index in [0.29, 0.717) is 30.6 Å². The molecule has 1 heterocycles. The molecule has 0 aliphatic heterocycles. The van der Waals surface area contributed by atoms with Crippen LogP contribution >= 0.6 is 0 Å². The lowest BCUT2D eigenvalue weighted by molar-refractivity contribution is -0.118. The van der Waals surface area contributed by atoms with Crippen LogP contribution in [0.25, 0.3) is 22.6 Å². The molecule has 0 atom stereocenters. The highest BCUT2D eigenvalue weighted by atomic mass is 16.5. The van der Waals surface area contributed by atoms with Crippen LogP contribution in [-0.2, 0) is 11.3 Å². The number of carbonyl (C=O) groups excluding carboxylic acids is 2. The molecule has 26 heavy (non-hydrogen) atoms. The van der Waals surface area contributed by atoms with Crippen LogP contribution in [0.2, 0.25) is 0 Å². The van der Waals surface area contributed by atoms with Crippen LogP contribution in [0, 0.1) is 0 Å². The van der Waals surface area contributed by atoms with Gasteiger partial charge in [-0.05, 0) is 37.5 Å². The summed E-state index contributed by atoms with van der Waals surface area (Å²) in [7, 11) is 1.59. The van der Waals surface area contributed by atoms with Crippen LogP contribution in [0.15, 0.2) is 24.8 Å². The average molecular weight is 351 g/mol. The van der Waals surface area contributed by atoms with Crippen LogP contribution in [-0.4, -0.2) is 23.2 Å². The van der Waals surface area contributed by atoms with Crippen molar-refractivity contribution in [3.8, 4) is 5.75 Å². The van der Waals surface area contributed by atoms with Crippen molar-refractivity contribution in [1.29, 1.82) is 0 Å². The number of hydrogen-bond donors (Lipinski definition) is 0. The van der Waals surface area contributed by atoms with Gasteiger partial charge in [-0.15, -0.1) is 0 Å². The van der Waals surface area contributed by atoms with E-state index < -0.39 is 0 Å². The number of ketones is 2. The van der Waals surface area contributed by atoms with E-state index >= 15 is 0 Å². The summed E-state index contributed by atoms with van der Waals surface area (Å²) in [5.74, 6) is 0.792. The van der Waals surface area contributed by atoms with Crippen LogP contribution in [0.4, 0.5) is 0 Å². The number of aromatic nitrogens is 1. The highest BCUT2D eigenvalue weighted by Crippen LogP contribution is 2.38. The monoisotopic (exact) mass is 351 g/mol. The summed E-state index contributed by atoms with van der Waals surface area (Å²) in [6.45, 7) is 8.79. The van der Waals surface area contributed by atoms with Gasteiger partial charge < -0.3 is 9.30 Å². The number of nitrogens with zero attached hydrogens (tertiary/aromatic N) is 1. The van der Waals surface area contributed by atoms with Gasteiger partial charge in [-0.3, -0.25) is 9.59 Å². The number of allylic oxidation sites excluding steroid dienone is 2. The van der Waals surface area contributed by atoms with E-state index in [2.05, 4.69) is 18.1 Å². The Morgan fingerprint density at radius 2 is 2.08 bits per heavy atom. The van der Waals surface area contributed by atoms with E-state index in [9.17, 15) is 9.59 Å². The lowest BCUT2D eigenvalue weighted by atomic mass is 9.97. The molecule has 4 nitrogen and oxygen atoms in total. The number of hydrogen-bond acceptors (Lipinski definition) is 3. The molecule has 3 rings (SSSR count). The summed E-state index contributed by atoms with van der Waals surface area (Å²) < 4.78 is 7.72. The van der Waals surface area contributed by atoms with E-state index in [4.69, 9.17) is 4.74 Å². The minimum atomic E-state index is -0.0276. The number of methoxy groups -OCH3 is 1. The van der Waals surface area contributed by atoms with Gasteiger partial charge in [-0.25, -0.2) is 0 Å². The van der Waals surface area contributed by atoms with Gasteiger partial charge in [0.05, 0.1) is 18.2 Å². The van der Waals surface area contributed by atoms with Crippen molar-refractivity contribution in [2.24, 2.45) is 0 Å². The van der Waals surface area contributed by atoms with Crippen LogP contribution < -0.4 is 4.74 Å². The summed E-state index contributed by atoms with van der Waals surface area (Å²) >= 11 is 0. The van der Waals surface area contributed by atoms with Gasteiger partial charge in [-0.2, -0.15) is 0 Å². The Hall–Kier alpha value is -2.62. The standard InChI is InChI=1S/C22H25NO3/c1-5-11-23-19-8-6-7-16(25)10-9-14(2)22(19)18-12-17(15(3)24)21(26-4)13-20(18)23/h6,8,12-13H,2,5,7,9-11H2,1,3-4H3/b8-6-. The Morgan fingerprint density at radius 1 is 1.31 bits per heavy atom. The summed E-state index contributed by atoms with van der Waals surface area (Å²) in [6, 6.07) is 3.87. The van der Waals surface area contributed by atoms with Crippen molar-refractivity contribution >= 4 is 34.1 Å². The minimum absolute atomic E-state index is 0.0276. The lowest BCUT2D eigenvalue weighted by Crippen LogP contribution is -2.01. The zero-order valence-corrected chi connectivity index (χ0v) is 15.7.